The second-order valence-corrected chi connectivity index (χ2v) is 13.7. The maximum absolute atomic E-state index is 6.68. The van der Waals surface area contributed by atoms with Crippen LogP contribution in [0.25, 0.3) is 110 Å². The number of nitrogens with zero attached hydrogens (tertiary/aromatic N) is 2. The molecule has 52 heavy (non-hydrogen) atoms. The standard InChI is InChI=1S/C48H28N2O2/c1-5-17-39-31(11-1)32-12-2-6-18-40(32)49(39)43-21-9-15-35-37-27-29(23-25-45(37)51-47(35)43)30-24-26-46-38(28-30)36-16-10-22-44(48(36)52-46)50-41-19-7-3-13-33(41)34-14-4-8-20-42(34)50/h1-28H. The van der Waals surface area contributed by atoms with Crippen molar-refractivity contribution in [2.75, 3.05) is 0 Å². The van der Waals surface area contributed by atoms with Crippen LogP contribution in [-0.2, 0) is 0 Å². The van der Waals surface area contributed by atoms with Crippen LogP contribution in [0.1, 0.15) is 0 Å². The summed E-state index contributed by atoms with van der Waals surface area (Å²) < 4.78 is 18.0. The molecule has 0 bridgehead atoms. The van der Waals surface area contributed by atoms with Crippen LogP contribution in [-0.4, -0.2) is 9.13 Å². The number of furan rings is 2. The fourth-order valence-electron chi connectivity index (χ4n) is 8.64. The fourth-order valence-corrected chi connectivity index (χ4v) is 8.64. The topological polar surface area (TPSA) is 36.1 Å². The molecule has 0 N–H and O–H groups in total. The van der Waals surface area contributed by atoms with Crippen LogP contribution in [0.15, 0.2) is 179 Å². The summed E-state index contributed by atoms with van der Waals surface area (Å²) in [5.41, 5.74) is 12.5. The molecule has 0 unspecified atom stereocenters. The third-order valence-corrected chi connectivity index (χ3v) is 10.9. The van der Waals surface area contributed by atoms with Gasteiger partial charge in [-0.05, 0) is 71.8 Å². The van der Waals surface area contributed by atoms with Gasteiger partial charge in [0.15, 0.2) is 11.2 Å². The summed E-state index contributed by atoms with van der Waals surface area (Å²) in [5, 5.41) is 9.33. The van der Waals surface area contributed by atoms with Gasteiger partial charge in [0, 0.05) is 43.1 Å². The molecule has 0 atom stereocenters. The van der Waals surface area contributed by atoms with Crippen molar-refractivity contribution in [1.82, 2.24) is 9.13 Å². The average molecular weight is 665 g/mol. The molecule has 0 aliphatic heterocycles. The second-order valence-electron chi connectivity index (χ2n) is 13.7. The lowest BCUT2D eigenvalue weighted by Gasteiger charge is -2.08. The van der Waals surface area contributed by atoms with Crippen LogP contribution in [0, 0.1) is 0 Å². The number of rotatable bonds is 3. The van der Waals surface area contributed by atoms with Crippen molar-refractivity contribution in [3.05, 3.63) is 170 Å². The molecule has 12 rings (SSSR count). The Labute approximate surface area is 296 Å². The molecule has 12 aromatic rings. The molecule has 0 amide bonds. The lowest BCUT2D eigenvalue weighted by molar-refractivity contribution is 0.666. The Morgan fingerprint density at radius 1 is 0.288 bits per heavy atom. The zero-order chi connectivity index (χ0) is 33.9. The predicted molar refractivity (Wildman–Crippen MR) is 215 cm³/mol. The molecule has 4 nitrogen and oxygen atoms in total. The molecule has 4 heteroatoms. The zero-order valence-electron chi connectivity index (χ0n) is 27.9. The number of para-hydroxylation sites is 6. The van der Waals surface area contributed by atoms with Crippen LogP contribution in [0.4, 0.5) is 0 Å². The molecule has 0 spiro atoms. The van der Waals surface area contributed by atoms with Crippen LogP contribution in [0.2, 0.25) is 0 Å². The molecule has 4 aromatic heterocycles. The van der Waals surface area contributed by atoms with Crippen molar-refractivity contribution in [3.8, 4) is 22.5 Å². The highest BCUT2D eigenvalue weighted by Crippen LogP contribution is 2.41. The van der Waals surface area contributed by atoms with Gasteiger partial charge in [-0.15, -0.1) is 0 Å². The normalized spacial score (nSPS) is 12.2. The first-order chi connectivity index (χ1) is 25.8. The number of fused-ring (bicyclic) bond motifs is 12. The van der Waals surface area contributed by atoms with E-state index in [-0.39, 0.29) is 0 Å². The molecule has 0 aliphatic rings. The summed E-state index contributed by atoms with van der Waals surface area (Å²) in [6.45, 7) is 0. The summed E-state index contributed by atoms with van der Waals surface area (Å²) in [4.78, 5) is 0. The molecule has 0 saturated carbocycles. The SMILES string of the molecule is c1cc(-n2c3ccccc3c3ccccc32)c2oc3ccc(-c4ccc5oc6c(-n7c8ccccc8c8ccccc87)cccc6c5c4)cc3c2c1. The highest BCUT2D eigenvalue weighted by molar-refractivity contribution is 6.15. The molecule has 8 aromatic carbocycles. The van der Waals surface area contributed by atoms with Crippen molar-refractivity contribution in [2.45, 2.75) is 0 Å². The van der Waals surface area contributed by atoms with Crippen molar-refractivity contribution in [2.24, 2.45) is 0 Å². The first kappa shape index (κ1) is 27.7. The third kappa shape index (κ3) is 3.70. The number of benzene rings is 8. The number of hydrogen-bond donors (Lipinski definition) is 0. The van der Waals surface area contributed by atoms with E-state index in [4.69, 9.17) is 8.83 Å². The van der Waals surface area contributed by atoms with E-state index in [1.54, 1.807) is 0 Å². The van der Waals surface area contributed by atoms with Crippen molar-refractivity contribution >= 4 is 87.5 Å². The summed E-state index contributed by atoms with van der Waals surface area (Å²) in [6.07, 6.45) is 0. The van der Waals surface area contributed by atoms with Gasteiger partial charge in [-0.3, -0.25) is 0 Å². The molecule has 0 aliphatic carbocycles. The lowest BCUT2D eigenvalue weighted by atomic mass is 10.0. The Morgan fingerprint density at radius 2 is 0.635 bits per heavy atom. The highest BCUT2D eigenvalue weighted by atomic mass is 16.3. The van der Waals surface area contributed by atoms with Gasteiger partial charge in [-0.1, -0.05) is 109 Å². The zero-order valence-corrected chi connectivity index (χ0v) is 27.9. The maximum atomic E-state index is 6.68. The van der Waals surface area contributed by atoms with E-state index >= 15 is 0 Å². The monoisotopic (exact) mass is 664 g/mol. The molecule has 242 valence electrons. The van der Waals surface area contributed by atoms with E-state index in [9.17, 15) is 0 Å². The van der Waals surface area contributed by atoms with Crippen LogP contribution in [0.5, 0.6) is 0 Å². The minimum absolute atomic E-state index is 0.873. The minimum Gasteiger partial charge on any atom is -0.454 e. The quantitative estimate of drug-likeness (QED) is 0.188. The summed E-state index contributed by atoms with van der Waals surface area (Å²) in [5.74, 6) is 0. The number of hydrogen-bond acceptors (Lipinski definition) is 2. The van der Waals surface area contributed by atoms with E-state index in [1.165, 1.54) is 43.6 Å². The Morgan fingerprint density at radius 3 is 1.02 bits per heavy atom. The third-order valence-electron chi connectivity index (χ3n) is 10.9. The first-order valence-corrected chi connectivity index (χ1v) is 17.7. The van der Waals surface area contributed by atoms with E-state index in [0.29, 0.717) is 0 Å². The van der Waals surface area contributed by atoms with Gasteiger partial charge in [0.05, 0.1) is 33.4 Å². The van der Waals surface area contributed by atoms with Crippen molar-refractivity contribution in [1.29, 1.82) is 0 Å². The van der Waals surface area contributed by atoms with E-state index < -0.39 is 0 Å². The molecule has 4 heterocycles. The van der Waals surface area contributed by atoms with E-state index in [0.717, 1.165) is 66.4 Å². The van der Waals surface area contributed by atoms with Gasteiger partial charge >= 0.3 is 0 Å². The van der Waals surface area contributed by atoms with E-state index in [1.807, 2.05) is 0 Å². The lowest BCUT2D eigenvalue weighted by Crippen LogP contribution is -1.93. The minimum atomic E-state index is 0.873. The maximum Gasteiger partial charge on any atom is 0.159 e. The van der Waals surface area contributed by atoms with Crippen LogP contribution >= 0.6 is 0 Å². The summed E-state index contributed by atoms with van der Waals surface area (Å²) in [6, 6.07) is 60.4. The van der Waals surface area contributed by atoms with Crippen molar-refractivity contribution in [3.63, 3.8) is 0 Å². The smallest absolute Gasteiger partial charge is 0.159 e. The average Bonchev–Trinajstić information content (AvgIpc) is 3.95. The Hall–Kier alpha value is -7.04. The Balaban J connectivity index is 1.03. The van der Waals surface area contributed by atoms with Crippen LogP contribution < -0.4 is 0 Å². The molecule has 0 radical (unpaired) electrons. The molecular weight excluding hydrogens is 637 g/mol. The number of aromatic nitrogens is 2. The van der Waals surface area contributed by atoms with Crippen molar-refractivity contribution < 1.29 is 8.83 Å². The highest BCUT2D eigenvalue weighted by Gasteiger charge is 2.20. The van der Waals surface area contributed by atoms with Gasteiger partial charge in [0.25, 0.3) is 0 Å². The molecule has 0 fully saturated rings. The van der Waals surface area contributed by atoms with Gasteiger partial charge in [0.1, 0.15) is 11.2 Å². The summed E-state index contributed by atoms with van der Waals surface area (Å²) in [7, 11) is 0. The predicted octanol–water partition coefficient (Wildman–Crippen LogP) is 13.3. The van der Waals surface area contributed by atoms with E-state index in [2.05, 4.69) is 179 Å². The van der Waals surface area contributed by atoms with Crippen LogP contribution in [0.3, 0.4) is 0 Å². The molecular formula is C48H28N2O2. The van der Waals surface area contributed by atoms with Gasteiger partial charge in [-0.25, -0.2) is 0 Å². The first-order valence-electron chi connectivity index (χ1n) is 17.7. The Kier molecular flexibility index (Phi) is 5.47. The largest absolute Gasteiger partial charge is 0.454 e. The summed E-state index contributed by atoms with van der Waals surface area (Å²) >= 11 is 0. The second kappa shape index (κ2) is 10.3. The Bertz CT molecular complexity index is 3090. The van der Waals surface area contributed by atoms with Gasteiger partial charge < -0.3 is 18.0 Å². The van der Waals surface area contributed by atoms with Gasteiger partial charge in [0.2, 0.25) is 0 Å². The molecule has 0 saturated heterocycles. The van der Waals surface area contributed by atoms with Gasteiger partial charge in [-0.2, -0.15) is 0 Å². The fraction of sp³-hybridized carbons (Fsp3) is 0.